The number of aliphatic hydroxyl groups is 1. The van der Waals surface area contributed by atoms with Crippen LogP contribution in [-0.4, -0.2) is 23.8 Å². The first-order chi connectivity index (χ1) is 22.8. The number of esters is 1. The Bertz CT molecular complexity index is 1580. The Hall–Kier alpha value is -2.69. The van der Waals surface area contributed by atoms with Crippen molar-refractivity contribution in [3.05, 3.63) is 95.1 Å². The molecule has 4 nitrogen and oxygen atoms in total. The summed E-state index contributed by atoms with van der Waals surface area (Å²) in [7, 11) is 0. The number of fused-ring (bicyclic) bond motifs is 6. The molecular weight excluding hydrogens is 592 g/mol. The van der Waals surface area contributed by atoms with Gasteiger partial charge in [-0.05, 0) is 115 Å². The van der Waals surface area contributed by atoms with Gasteiger partial charge < -0.3 is 14.6 Å². The standard InChI is InChI=1S/C44H58O4/c1-39-23-24-40(2,38(46)48-29-32-15-11-8-12-16-32)27-34(39)33-17-18-36-41(3)21-20-37(45)42(4,30-47-28-31-13-9-7-10-14-31)35(41)19-22-44(36,6)43(33,5)26-25-39/h7-18,35-37,45H,19-30H2,1-6H3/t35?,36?,37-,39+,40-,41-,42+,43+,44+/m0/s1. The summed E-state index contributed by atoms with van der Waals surface area (Å²) in [6.45, 7) is 16.1. The van der Waals surface area contributed by atoms with Crippen molar-refractivity contribution >= 4 is 5.97 Å². The van der Waals surface area contributed by atoms with E-state index in [2.05, 4.69) is 78.0 Å². The van der Waals surface area contributed by atoms with E-state index < -0.39 is 5.41 Å². The van der Waals surface area contributed by atoms with E-state index in [9.17, 15) is 9.90 Å². The van der Waals surface area contributed by atoms with Gasteiger partial charge in [0.1, 0.15) is 6.61 Å². The molecule has 0 bridgehead atoms. The molecule has 7 rings (SSSR count). The summed E-state index contributed by atoms with van der Waals surface area (Å²) >= 11 is 0. The molecule has 4 heteroatoms. The van der Waals surface area contributed by atoms with Crippen LogP contribution in [0.15, 0.2) is 84.0 Å². The van der Waals surface area contributed by atoms with Gasteiger partial charge in [-0.1, -0.05) is 113 Å². The molecule has 258 valence electrons. The Morgan fingerprint density at radius 2 is 1.44 bits per heavy atom. The zero-order chi connectivity index (χ0) is 34.0. The van der Waals surface area contributed by atoms with Crippen LogP contribution in [0.5, 0.6) is 0 Å². The number of carbonyl (C=O) groups excluding carboxylic acids is 1. The number of ether oxygens (including phenoxy) is 2. The van der Waals surface area contributed by atoms with E-state index in [0.717, 1.165) is 50.5 Å². The third kappa shape index (κ3) is 5.18. The van der Waals surface area contributed by atoms with Crippen molar-refractivity contribution in [3.63, 3.8) is 0 Å². The van der Waals surface area contributed by atoms with Crippen LogP contribution >= 0.6 is 0 Å². The molecular formula is C44H58O4. The highest BCUT2D eigenvalue weighted by Gasteiger charge is 2.67. The molecule has 0 radical (unpaired) electrons. The molecule has 0 heterocycles. The van der Waals surface area contributed by atoms with Gasteiger partial charge in [0, 0.05) is 5.41 Å². The second kappa shape index (κ2) is 12.0. The Balaban J connectivity index is 1.18. The molecule has 3 saturated carbocycles. The van der Waals surface area contributed by atoms with Crippen molar-refractivity contribution < 1.29 is 19.4 Å². The molecule has 2 unspecified atom stereocenters. The van der Waals surface area contributed by atoms with Crippen LogP contribution in [0.25, 0.3) is 0 Å². The molecule has 0 saturated heterocycles. The highest BCUT2D eigenvalue weighted by Crippen LogP contribution is 2.74. The highest BCUT2D eigenvalue weighted by molar-refractivity contribution is 5.77. The number of allylic oxidation sites excluding steroid dienone is 4. The van der Waals surface area contributed by atoms with Crippen LogP contribution in [0.4, 0.5) is 0 Å². The molecule has 0 aromatic heterocycles. The summed E-state index contributed by atoms with van der Waals surface area (Å²) in [5, 5.41) is 11.6. The Morgan fingerprint density at radius 1 is 0.792 bits per heavy atom. The SMILES string of the molecule is C[C@]1(C(=O)OCc2ccccc2)CC[C@]2(C)CC[C@]3(C)C(=C2C1)C=CC1[C@@]2(C)CC[C@H](O)[C@](C)(COCc4ccccc4)C2CC[C@]13C. The van der Waals surface area contributed by atoms with Gasteiger partial charge in [0.05, 0.1) is 24.7 Å². The summed E-state index contributed by atoms with van der Waals surface area (Å²) < 4.78 is 12.4. The average molecular weight is 651 g/mol. The lowest BCUT2D eigenvalue weighted by molar-refractivity contribution is -0.204. The van der Waals surface area contributed by atoms with E-state index in [1.165, 1.54) is 29.6 Å². The minimum atomic E-state index is -0.509. The van der Waals surface area contributed by atoms with E-state index >= 15 is 0 Å². The largest absolute Gasteiger partial charge is 0.460 e. The summed E-state index contributed by atoms with van der Waals surface area (Å²) in [5.74, 6) is 0.755. The number of aliphatic hydroxyl groups excluding tert-OH is 1. The second-order valence-corrected chi connectivity index (χ2v) is 18.0. The molecule has 5 aliphatic rings. The van der Waals surface area contributed by atoms with Crippen molar-refractivity contribution in [2.75, 3.05) is 6.61 Å². The lowest BCUT2D eigenvalue weighted by Gasteiger charge is -2.69. The molecule has 9 atom stereocenters. The average Bonchev–Trinajstić information content (AvgIpc) is 3.08. The van der Waals surface area contributed by atoms with E-state index in [4.69, 9.17) is 9.47 Å². The first-order valence-electron chi connectivity index (χ1n) is 18.7. The third-order valence-corrected chi connectivity index (χ3v) is 15.2. The van der Waals surface area contributed by atoms with Gasteiger partial charge in [-0.25, -0.2) is 0 Å². The van der Waals surface area contributed by atoms with E-state index in [0.29, 0.717) is 31.7 Å². The fraction of sp³-hybridized carbons (Fsp3) is 0.614. The van der Waals surface area contributed by atoms with Crippen molar-refractivity contribution in [1.82, 2.24) is 0 Å². The molecule has 0 spiro atoms. The van der Waals surface area contributed by atoms with Gasteiger partial charge in [-0.15, -0.1) is 0 Å². The predicted molar refractivity (Wildman–Crippen MR) is 192 cm³/mol. The molecule has 5 aliphatic carbocycles. The van der Waals surface area contributed by atoms with Crippen LogP contribution in [0.3, 0.4) is 0 Å². The first kappa shape index (κ1) is 33.8. The first-order valence-corrected chi connectivity index (χ1v) is 18.7. The van der Waals surface area contributed by atoms with Gasteiger partial charge in [-0.2, -0.15) is 0 Å². The molecule has 0 aliphatic heterocycles. The molecule has 0 amide bonds. The van der Waals surface area contributed by atoms with Crippen LogP contribution < -0.4 is 0 Å². The van der Waals surface area contributed by atoms with E-state index in [1.54, 1.807) is 0 Å². The van der Waals surface area contributed by atoms with Crippen molar-refractivity contribution in [2.45, 2.75) is 119 Å². The maximum Gasteiger partial charge on any atom is 0.312 e. The highest BCUT2D eigenvalue weighted by atomic mass is 16.5. The molecule has 48 heavy (non-hydrogen) atoms. The fourth-order valence-electron chi connectivity index (χ4n) is 11.7. The minimum absolute atomic E-state index is 0.0394. The van der Waals surface area contributed by atoms with E-state index in [1.807, 2.05) is 36.4 Å². The molecule has 2 aromatic rings. The van der Waals surface area contributed by atoms with Crippen molar-refractivity contribution in [1.29, 1.82) is 0 Å². The van der Waals surface area contributed by atoms with Gasteiger partial charge >= 0.3 is 5.97 Å². The normalized spacial score (nSPS) is 41.9. The van der Waals surface area contributed by atoms with Gasteiger partial charge in [0.2, 0.25) is 0 Å². The maximum absolute atomic E-state index is 13.8. The number of hydrogen-bond donors (Lipinski definition) is 1. The third-order valence-electron chi connectivity index (χ3n) is 15.2. The number of rotatable bonds is 7. The quantitative estimate of drug-likeness (QED) is 0.303. The smallest absolute Gasteiger partial charge is 0.312 e. The summed E-state index contributed by atoms with van der Waals surface area (Å²) in [6, 6.07) is 20.4. The number of benzene rings is 2. The molecule has 2 aromatic carbocycles. The molecule has 3 fully saturated rings. The summed E-state index contributed by atoms with van der Waals surface area (Å²) in [4.78, 5) is 13.8. The maximum atomic E-state index is 13.8. The Kier molecular flexibility index (Phi) is 8.43. The predicted octanol–water partition coefficient (Wildman–Crippen LogP) is 10.0. The monoisotopic (exact) mass is 650 g/mol. The van der Waals surface area contributed by atoms with E-state index in [-0.39, 0.29) is 39.1 Å². The number of hydrogen-bond acceptors (Lipinski definition) is 4. The summed E-state index contributed by atoms with van der Waals surface area (Å²) in [5.41, 5.74) is 4.81. The summed E-state index contributed by atoms with van der Waals surface area (Å²) in [6.07, 6.45) is 13.9. The number of carbonyl (C=O) groups is 1. The molecule has 1 N–H and O–H groups in total. The Morgan fingerprint density at radius 3 is 2.12 bits per heavy atom. The van der Waals surface area contributed by atoms with Crippen LogP contribution in [0, 0.1) is 44.3 Å². The van der Waals surface area contributed by atoms with Crippen LogP contribution in [0.2, 0.25) is 0 Å². The zero-order valence-corrected chi connectivity index (χ0v) is 30.3. The lowest BCUT2D eigenvalue weighted by Crippen LogP contribution is -2.64. The van der Waals surface area contributed by atoms with Gasteiger partial charge in [0.25, 0.3) is 0 Å². The second-order valence-electron chi connectivity index (χ2n) is 18.0. The zero-order valence-electron chi connectivity index (χ0n) is 30.3. The van der Waals surface area contributed by atoms with Crippen LogP contribution in [0.1, 0.15) is 110 Å². The van der Waals surface area contributed by atoms with Crippen molar-refractivity contribution in [2.24, 2.45) is 44.3 Å². The minimum Gasteiger partial charge on any atom is -0.460 e. The van der Waals surface area contributed by atoms with Crippen LogP contribution in [-0.2, 0) is 27.5 Å². The van der Waals surface area contributed by atoms with Gasteiger partial charge in [-0.3, -0.25) is 4.79 Å². The fourth-order valence-corrected chi connectivity index (χ4v) is 11.7. The van der Waals surface area contributed by atoms with Gasteiger partial charge in [0.15, 0.2) is 0 Å². The Labute approximate surface area is 289 Å². The van der Waals surface area contributed by atoms with Crippen molar-refractivity contribution in [3.8, 4) is 0 Å². The topological polar surface area (TPSA) is 55.8 Å². The lowest BCUT2D eigenvalue weighted by atomic mass is 9.35.